The third-order valence-electron chi connectivity index (χ3n) is 1.98. The second-order valence-electron chi connectivity index (χ2n) is 3.20. The minimum absolute atomic E-state index is 0. The van der Waals surface area contributed by atoms with Crippen molar-refractivity contribution < 1.29 is 13.2 Å². The van der Waals surface area contributed by atoms with Crippen LogP contribution in [0.1, 0.15) is 0 Å². The van der Waals surface area contributed by atoms with Crippen LogP contribution in [0.25, 0.3) is 0 Å². The molecule has 2 aromatic rings. The van der Waals surface area contributed by atoms with Crippen molar-refractivity contribution in [2.75, 3.05) is 0 Å². The lowest BCUT2D eigenvalue weighted by Crippen LogP contribution is -1.90. The molecule has 0 N–H and O–H groups in total. The van der Waals surface area contributed by atoms with E-state index >= 15 is 0 Å². The van der Waals surface area contributed by atoms with Crippen molar-refractivity contribution in [2.24, 2.45) is 0 Å². The molecule has 18 heavy (non-hydrogen) atoms. The summed E-state index contributed by atoms with van der Waals surface area (Å²) in [6, 6.07) is 9.32. The zero-order valence-electron chi connectivity index (χ0n) is 8.99. The van der Waals surface area contributed by atoms with Gasteiger partial charge < -0.3 is 4.74 Å². The van der Waals surface area contributed by atoms with Crippen LogP contribution in [0.2, 0.25) is 0 Å². The molecule has 0 fully saturated rings. The van der Waals surface area contributed by atoms with Gasteiger partial charge in [0.2, 0.25) is 0 Å². The van der Waals surface area contributed by atoms with Gasteiger partial charge in [0.05, 0.1) is 11.1 Å². The van der Waals surface area contributed by atoms with Crippen LogP contribution in [0.5, 0.6) is 11.5 Å². The van der Waals surface area contributed by atoms with E-state index in [2.05, 4.69) is 4.98 Å². The summed E-state index contributed by atoms with van der Waals surface area (Å²) >= 11 is 0. The second kappa shape index (κ2) is 6.04. The van der Waals surface area contributed by atoms with Crippen LogP contribution < -0.4 is 4.74 Å². The summed E-state index contributed by atoms with van der Waals surface area (Å²) < 4.78 is 27.5. The Morgan fingerprint density at radius 1 is 1.06 bits per heavy atom. The number of aromatic nitrogens is 1. The molecule has 0 saturated carbocycles. The molecule has 1 aromatic heterocycles. The van der Waals surface area contributed by atoms with Gasteiger partial charge >= 0.3 is 0 Å². The number of ether oxygens (including phenoxy) is 1. The van der Waals surface area contributed by atoms with Crippen LogP contribution in [0.15, 0.2) is 53.7 Å². The number of hydrogen-bond acceptors (Lipinski definition) is 4. The van der Waals surface area contributed by atoms with Crippen molar-refractivity contribution in [1.29, 1.82) is 0 Å². The van der Waals surface area contributed by atoms with Gasteiger partial charge in [0.25, 0.3) is 9.05 Å². The van der Waals surface area contributed by atoms with Crippen molar-refractivity contribution >= 4 is 32.1 Å². The summed E-state index contributed by atoms with van der Waals surface area (Å²) in [5.41, 5.74) is 0. The van der Waals surface area contributed by atoms with Crippen molar-refractivity contribution in [3.8, 4) is 11.5 Å². The molecule has 0 spiro atoms. The molecule has 0 bridgehead atoms. The van der Waals surface area contributed by atoms with Crippen molar-refractivity contribution in [3.63, 3.8) is 0 Å². The van der Waals surface area contributed by atoms with E-state index in [4.69, 9.17) is 15.4 Å². The molecule has 0 atom stereocenters. The molecule has 7 heteroatoms. The Bertz CT molecular complexity index is 600. The van der Waals surface area contributed by atoms with Gasteiger partial charge in [-0.3, -0.25) is 4.98 Å². The summed E-state index contributed by atoms with van der Waals surface area (Å²) in [6.45, 7) is 0. The normalized spacial score (nSPS) is 10.5. The Morgan fingerprint density at radius 3 is 2.22 bits per heavy atom. The topological polar surface area (TPSA) is 56.3 Å². The van der Waals surface area contributed by atoms with Gasteiger partial charge in [0.1, 0.15) is 11.5 Å². The second-order valence-corrected chi connectivity index (χ2v) is 5.77. The van der Waals surface area contributed by atoms with E-state index in [9.17, 15) is 8.42 Å². The molecule has 1 heterocycles. The third-order valence-corrected chi connectivity index (χ3v) is 3.35. The molecule has 96 valence electrons. The van der Waals surface area contributed by atoms with Crippen molar-refractivity contribution in [3.05, 3.63) is 48.8 Å². The van der Waals surface area contributed by atoms with Crippen LogP contribution >= 0.6 is 23.1 Å². The summed E-state index contributed by atoms with van der Waals surface area (Å²) in [5.74, 6) is 1.09. The monoisotopic (exact) mass is 305 g/mol. The SMILES string of the molecule is Cl.O=S(=O)(Cl)c1ccc(Oc2cccnc2)cc1. The highest BCUT2D eigenvalue weighted by molar-refractivity contribution is 8.13. The number of benzene rings is 1. The lowest BCUT2D eigenvalue weighted by Gasteiger charge is -2.04. The Balaban J connectivity index is 0.00000162. The average Bonchev–Trinajstić information content (AvgIpc) is 2.30. The van der Waals surface area contributed by atoms with E-state index in [1.165, 1.54) is 24.3 Å². The summed E-state index contributed by atoms with van der Waals surface area (Å²) in [4.78, 5) is 3.94. The van der Waals surface area contributed by atoms with E-state index in [1.807, 2.05) is 0 Å². The van der Waals surface area contributed by atoms with Crippen LogP contribution in [0.4, 0.5) is 0 Å². The minimum atomic E-state index is -3.69. The lowest BCUT2D eigenvalue weighted by molar-refractivity contribution is 0.480. The fraction of sp³-hybridized carbons (Fsp3) is 0. The predicted octanol–water partition coefficient (Wildman–Crippen LogP) is 3.22. The molecule has 0 aliphatic heterocycles. The Kier molecular flexibility index (Phi) is 4.95. The van der Waals surface area contributed by atoms with Gasteiger partial charge in [-0.1, -0.05) is 0 Å². The summed E-state index contributed by atoms with van der Waals surface area (Å²) in [7, 11) is 1.50. The van der Waals surface area contributed by atoms with Gasteiger partial charge in [-0.15, -0.1) is 12.4 Å². The molecule has 4 nitrogen and oxygen atoms in total. The number of nitrogens with zero attached hydrogens (tertiary/aromatic N) is 1. The molecule has 2 rings (SSSR count). The van der Waals surface area contributed by atoms with E-state index in [1.54, 1.807) is 24.5 Å². The molecule has 0 radical (unpaired) electrons. The van der Waals surface area contributed by atoms with Crippen LogP contribution in [-0.2, 0) is 9.05 Å². The van der Waals surface area contributed by atoms with E-state index in [0.717, 1.165) is 0 Å². The number of pyridine rings is 1. The van der Waals surface area contributed by atoms with Gasteiger partial charge in [0, 0.05) is 16.9 Å². The molecule has 0 unspecified atom stereocenters. The smallest absolute Gasteiger partial charge is 0.261 e. The summed E-state index contributed by atoms with van der Waals surface area (Å²) in [6.07, 6.45) is 3.20. The molecule has 1 aromatic carbocycles. The number of rotatable bonds is 3. The zero-order chi connectivity index (χ0) is 12.3. The number of halogens is 2. The zero-order valence-corrected chi connectivity index (χ0v) is 11.4. The first-order valence-electron chi connectivity index (χ1n) is 4.68. The Hall–Kier alpha value is -1.30. The van der Waals surface area contributed by atoms with Gasteiger partial charge in [-0.05, 0) is 36.4 Å². The molecular formula is C11H9Cl2NO3S. The van der Waals surface area contributed by atoms with Gasteiger partial charge in [-0.25, -0.2) is 8.42 Å². The predicted molar refractivity (Wildman–Crippen MR) is 71.0 cm³/mol. The quantitative estimate of drug-likeness (QED) is 0.817. The Labute approximate surface area is 115 Å². The fourth-order valence-electron chi connectivity index (χ4n) is 1.21. The van der Waals surface area contributed by atoms with Crippen molar-refractivity contribution in [2.45, 2.75) is 4.90 Å². The number of hydrogen-bond donors (Lipinski definition) is 0. The van der Waals surface area contributed by atoms with Gasteiger partial charge in [0.15, 0.2) is 0 Å². The highest BCUT2D eigenvalue weighted by Crippen LogP contribution is 2.23. The maximum absolute atomic E-state index is 11.0. The molecule has 0 amide bonds. The minimum Gasteiger partial charge on any atom is -0.456 e. The van der Waals surface area contributed by atoms with Crippen LogP contribution in [0.3, 0.4) is 0 Å². The van der Waals surface area contributed by atoms with Crippen LogP contribution in [0, 0.1) is 0 Å². The van der Waals surface area contributed by atoms with Crippen molar-refractivity contribution in [1.82, 2.24) is 4.98 Å². The maximum Gasteiger partial charge on any atom is 0.261 e. The van der Waals surface area contributed by atoms with E-state index in [-0.39, 0.29) is 17.3 Å². The molecule has 0 saturated heterocycles. The standard InChI is InChI=1S/C11H8ClNO3S.ClH/c12-17(14,15)11-5-3-9(4-6-11)16-10-2-1-7-13-8-10;/h1-8H;1H. The summed E-state index contributed by atoms with van der Waals surface area (Å²) in [5, 5.41) is 0. The fourth-order valence-corrected chi connectivity index (χ4v) is 1.98. The lowest BCUT2D eigenvalue weighted by atomic mass is 10.3. The maximum atomic E-state index is 11.0. The van der Waals surface area contributed by atoms with E-state index in [0.29, 0.717) is 11.5 Å². The van der Waals surface area contributed by atoms with E-state index < -0.39 is 9.05 Å². The van der Waals surface area contributed by atoms with Gasteiger partial charge in [-0.2, -0.15) is 0 Å². The average molecular weight is 306 g/mol. The van der Waals surface area contributed by atoms with Crippen LogP contribution in [-0.4, -0.2) is 13.4 Å². The molecular weight excluding hydrogens is 297 g/mol. The third kappa shape index (κ3) is 3.87. The molecule has 0 aliphatic carbocycles. The Morgan fingerprint density at radius 2 is 1.72 bits per heavy atom. The highest BCUT2D eigenvalue weighted by atomic mass is 35.7. The first-order chi connectivity index (χ1) is 8.05. The largest absolute Gasteiger partial charge is 0.456 e. The highest BCUT2D eigenvalue weighted by Gasteiger charge is 2.09. The first-order valence-corrected chi connectivity index (χ1v) is 6.99. The first kappa shape index (κ1) is 14.8. The molecule has 0 aliphatic rings.